The Bertz CT molecular complexity index is 551. The molecular weight excluding hydrogens is 324 g/mol. The number of nitrogens with zero attached hydrogens (tertiary/aromatic N) is 2. The summed E-state index contributed by atoms with van der Waals surface area (Å²) in [5, 5.41) is 10.6. The number of hydrogen-bond donors (Lipinski definition) is 1. The van der Waals surface area contributed by atoms with Crippen molar-refractivity contribution < 1.29 is 5.11 Å². The Morgan fingerprint density at radius 3 is 2.53 bits per heavy atom. The highest BCUT2D eigenvalue weighted by molar-refractivity contribution is 9.10. The van der Waals surface area contributed by atoms with Crippen LogP contribution in [0.1, 0.15) is 29.2 Å². The Kier molecular flexibility index (Phi) is 4.60. The van der Waals surface area contributed by atoms with E-state index in [-0.39, 0.29) is 0 Å². The van der Waals surface area contributed by atoms with Gasteiger partial charge in [0.25, 0.3) is 0 Å². The molecule has 0 radical (unpaired) electrons. The Labute approximate surface area is 126 Å². The van der Waals surface area contributed by atoms with E-state index in [0.29, 0.717) is 0 Å². The van der Waals surface area contributed by atoms with Crippen molar-refractivity contribution in [2.45, 2.75) is 26.5 Å². The summed E-state index contributed by atoms with van der Waals surface area (Å²) in [5.74, 6) is 0. The van der Waals surface area contributed by atoms with Gasteiger partial charge in [-0.15, -0.1) is 0 Å². The molecule has 2 aromatic rings. The molecule has 102 valence electrons. The number of halogens is 1. The quantitative estimate of drug-likeness (QED) is 0.916. The van der Waals surface area contributed by atoms with Crippen molar-refractivity contribution >= 4 is 32.4 Å². The minimum absolute atomic E-state index is 0.452. The highest BCUT2D eigenvalue weighted by Crippen LogP contribution is 2.30. The van der Waals surface area contributed by atoms with Crippen LogP contribution in [0.4, 0.5) is 5.13 Å². The van der Waals surface area contributed by atoms with Crippen LogP contribution < -0.4 is 4.90 Å². The van der Waals surface area contributed by atoms with Crippen LogP contribution >= 0.6 is 27.3 Å². The van der Waals surface area contributed by atoms with Gasteiger partial charge in [0.2, 0.25) is 0 Å². The van der Waals surface area contributed by atoms with Crippen molar-refractivity contribution in [1.82, 2.24) is 4.98 Å². The molecule has 1 aromatic carbocycles. The number of anilines is 1. The number of benzene rings is 1. The summed E-state index contributed by atoms with van der Waals surface area (Å²) in [4.78, 5) is 7.57. The number of hydrogen-bond acceptors (Lipinski definition) is 4. The number of rotatable bonds is 4. The standard InChI is InChI=1S/C14H17BrN2OS/c1-9-13(10(2)18)19-14(16-9)17(3)8-11-4-6-12(15)7-5-11/h4-7,10,18H,8H2,1-3H3. The first-order chi connectivity index (χ1) is 8.97. The van der Waals surface area contributed by atoms with Crippen LogP contribution in [0.15, 0.2) is 28.7 Å². The first kappa shape index (κ1) is 14.5. The van der Waals surface area contributed by atoms with Crippen LogP contribution in [0.3, 0.4) is 0 Å². The highest BCUT2D eigenvalue weighted by Gasteiger charge is 2.14. The minimum atomic E-state index is -0.452. The molecule has 0 saturated heterocycles. The molecule has 0 aliphatic heterocycles. The van der Waals surface area contributed by atoms with E-state index in [0.717, 1.165) is 26.7 Å². The molecule has 19 heavy (non-hydrogen) atoms. The zero-order valence-corrected chi connectivity index (χ0v) is 13.6. The average Bonchev–Trinajstić information content (AvgIpc) is 2.74. The lowest BCUT2D eigenvalue weighted by molar-refractivity contribution is 0.202. The zero-order chi connectivity index (χ0) is 14.0. The minimum Gasteiger partial charge on any atom is -0.388 e. The number of aliphatic hydroxyl groups is 1. The normalized spacial score (nSPS) is 12.5. The monoisotopic (exact) mass is 340 g/mol. The predicted octanol–water partition coefficient (Wildman–Crippen LogP) is 3.90. The second kappa shape index (κ2) is 6.03. The van der Waals surface area contributed by atoms with Gasteiger partial charge in [0.05, 0.1) is 16.7 Å². The van der Waals surface area contributed by atoms with Crippen LogP contribution in [-0.4, -0.2) is 17.1 Å². The van der Waals surface area contributed by atoms with Gasteiger partial charge in [-0.2, -0.15) is 0 Å². The van der Waals surface area contributed by atoms with E-state index in [9.17, 15) is 5.11 Å². The molecule has 1 aromatic heterocycles. The Morgan fingerprint density at radius 2 is 2.00 bits per heavy atom. The van der Waals surface area contributed by atoms with Crippen molar-refractivity contribution in [2.24, 2.45) is 0 Å². The van der Waals surface area contributed by atoms with Gasteiger partial charge in [-0.05, 0) is 31.5 Å². The SMILES string of the molecule is Cc1nc(N(C)Cc2ccc(Br)cc2)sc1C(C)O. The third-order valence-corrected chi connectivity index (χ3v) is 4.83. The van der Waals surface area contributed by atoms with Crippen molar-refractivity contribution in [3.05, 3.63) is 44.9 Å². The second-order valence-corrected chi connectivity index (χ2v) is 6.53. The topological polar surface area (TPSA) is 36.4 Å². The maximum absolute atomic E-state index is 9.67. The molecule has 1 heterocycles. The van der Waals surface area contributed by atoms with Crippen molar-refractivity contribution in [1.29, 1.82) is 0 Å². The van der Waals surface area contributed by atoms with Gasteiger partial charge < -0.3 is 10.0 Å². The lowest BCUT2D eigenvalue weighted by Gasteiger charge is -2.15. The molecule has 0 spiro atoms. The summed E-state index contributed by atoms with van der Waals surface area (Å²) < 4.78 is 1.08. The molecule has 0 bridgehead atoms. The third kappa shape index (κ3) is 3.55. The Balaban J connectivity index is 2.13. The van der Waals surface area contributed by atoms with E-state index in [1.807, 2.05) is 26.1 Å². The summed E-state index contributed by atoms with van der Waals surface area (Å²) in [6.07, 6.45) is -0.452. The van der Waals surface area contributed by atoms with Gasteiger partial charge in [0.1, 0.15) is 0 Å². The number of aromatic nitrogens is 1. The fourth-order valence-electron chi connectivity index (χ4n) is 1.88. The lowest BCUT2D eigenvalue weighted by atomic mass is 10.2. The summed E-state index contributed by atoms with van der Waals surface area (Å²) in [5.41, 5.74) is 2.15. The Morgan fingerprint density at radius 1 is 1.37 bits per heavy atom. The summed E-state index contributed by atoms with van der Waals surface area (Å²) in [6.45, 7) is 4.52. The summed E-state index contributed by atoms with van der Waals surface area (Å²) in [6, 6.07) is 8.27. The zero-order valence-electron chi connectivity index (χ0n) is 11.2. The molecule has 5 heteroatoms. The second-order valence-electron chi connectivity index (χ2n) is 4.60. The largest absolute Gasteiger partial charge is 0.388 e. The number of thiazole rings is 1. The molecule has 0 saturated carbocycles. The average molecular weight is 341 g/mol. The van der Waals surface area contributed by atoms with Crippen molar-refractivity contribution in [2.75, 3.05) is 11.9 Å². The van der Waals surface area contributed by atoms with Gasteiger partial charge in [-0.1, -0.05) is 39.4 Å². The molecule has 0 fully saturated rings. The van der Waals surface area contributed by atoms with Crippen molar-refractivity contribution in [3.8, 4) is 0 Å². The predicted molar refractivity (Wildman–Crippen MR) is 83.7 cm³/mol. The van der Waals surface area contributed by atoms with E-state index in [1.165, 1.54) is 5.56 Å². The van der Waals surface area contributed by atoms with Crippen molar-refractivity contribution in [3.63, 3.8) is 0 Å². The first-order valence-electron chi connectivity index (χ1n) is 6.08. The van der Waals surface area contributed by atoms with Gasteiger partial charge in [-0.3, -0.25) is 0 Å². The molecule has 1 atom stereocenters. The van der Waals surface area contributed by atoms with Crippen LogP contribution in [0, 0.1) is 6.92 Å². The lowest BCUT2D eigenvalue weighted by Crippen LogP contribution is -2.15. The van der Waals surface area contributed by atoms with E-state index in [4.69, 9.17) is 0 Å². The third-order valence-electron chi connectivity index (χ3n) is 2.86. The van der Waals surface area contributed by atoms with Gasteiger partial charge in [0.15, 0.2) is 5.13 Å². The molecule has 0 amide bonds. The van der Waals surface area contributed by atoms with Gasteiger partial charge >= 0.3 is 0 Å². The molecular formula is C14H17BrN2OS. The van der Waals surface area contributed by atoms with E-state index >= 15 is 0 Å². The van der Waals surface area contributed by atoms with Gasteiger partial charge in [0, 0.05) is 18.1 Å². The molecule has 0 aliphatic carbocycles. The fraction of sp³-hybridized carbons (Fsp3) is 0.357. The van der Waals surface area contributed by atoms with Crippen LogP contribution in [0.5, 0.6) is 0 Å². The summed E-state index contributed by atoms with van der Waals surface area (Å²) >= 11 is 4.99. The Hall–Kier alpha value is -0.910. The number of aryl methyl sites for hydroxylation is 1. The molecule has 3 nitrogen and oxygen atoms in total. The molecule has 0 aliphatic rings. The fourth-order valence-corrected chi connectivity index (χ4v) is 3.10. The highest BCUT2D eigenvalue weighted by atomic mass is 79.9. The number of aliphatic hydroxyl groups excluding tert-OH is 1. The van der Waals surface area contributed by atoms with E-state index in [2.05, 4.69) is 37.9 Å². The van der Waals surface area contributed by atoms with Crippen LogP contribution in [-0.2, 0) is 6.54 Å². The van der Waals surface area contributed by atoms with E-state index < -0.39 is 6.10 Å². The van der Waals surface area contributed by atoms with Gasteiger partial charge in [-0.25, -0.2) is 4.98 Å². The maximum Gasteiger partial charge on any atom is 0.185 e. The molecule has 2 rings (SSSR count). The van der Waals surface area contributed by atoms with E-state index in [1.54, 1.807) is 18.3 Å². The maximum atomic E-state index is 9.67. The summed E-state index contributed by atoms with van der Waals surface area (Å²) in [7, 11) is 2.02. The molecule has 1 unspecified atom stereocenters. The van der Waals surface area contributed by atoms with Crippen LogP contribution in [0.25, 0.3) is 0 Å². The first-order valence-corrected chi connectivity index (χ1v) is 7.69. The van der Waals surface area contributed by atoms with Crippen LogP contribution in [0.2, 0.25) is 0 Å². The molecule has 1 N–H and O–H groups in total. The smallest absolute Gasteiger partial charge is 0.185 e.